The number of rotatable bonds is 10. The number of morpholine rings is 1. The number of hydrogen-bond acceptors (Lipinski definition) is 11. The fourth-order valence-corrected chi connectivity index (χ4v) is 6.05. The molecule has 1 saturated heterocycles. The zero-order valence-corrected chi connectivity index (χ0v) is 25.6. The van der Waals surface area contributed by atoms with Crippen molar-refractivity contribution in [1.29, 1.82) is 0 Å². The van der Waals surface area contributed by atoms with Crippen molar-refractivity contribution in [3.05, 3.63) is 97.2 Å². The zero-order valence-electron chi connectivity index (χ0n) is 24.1. The summed E-state index contributed by atoms with van der Waals surface area (Å²) < 4.78 is 19.8. The molecule has 0 aliphatic carbocycles. The van der Waals surface area contributed by atoms with Crippen LogP contribution in [-0.2, 0) is 17.8 Å². The van der Waals surface area contributed by atoms with Crippen LogP contribution in [0.3, 0.4) is 0 Å². The topological polar surface area (TPSA) is 160 Å². The Bertz CT molecular complexity index is 1890. The minimum atomic E-state index is -0.608. The van der Waals surface area contributed by atoms with Crippen LogP contribution in [0.25, 0.3) is 11.3 Å². The van der Waals surface area contributed by atoms with E-state index in [0.717, 1.165) is 4.88 Å². The van der Waals surface area contributed by atoms with Crippen molar-refractivity contribution >= 4 is 46.4 Å². The zero-order chi connectivity index (χ0) is 31.5. The summed E-state index contributed by atoms with van der Waals surface area (Å²) in [4.78, 5) is 42.1. The van der Waals surface area contributed by atoms with Gasteiger partial charge < -0.3 is 29.9 Å². The first-order chi connectivity index (χ1) is 21.8. The first-order valence-corrected chi connectivity index (χ1v) is 15.1. The smallest absolute Gasteiger partial charge is 0.280 e. The van der Waals surface area contributed by atoms with Crippen molar-refractivity contribution in [3.63, 3.8) is 0 Å². The lowest BCUT2D eigenvalue weighted by molar-refractivity contribution is 0.0945. The van der Waals surface area contributed by atoms with Gasteiger partial charge in [0.15, 0.2) is 11.6 Å². The van der Waals surface area contributed by atoms with Gasteiger partial charge in [0.2, 0.25) is 5.91 Å². The van der Waals surface area contributed by atoms with Gasteiger partial charge in [-0.05, 0) is 42.5 Å². The summed E-state index contributed by atoms with van der Waals surface area (Å²) >= 11 is 7.53. The molecule has 0 unspecified atom stereocenters. The highest BCUT2D eigenvalue weighted by Gasteiger charge is 2.27. The van der Waals surface area contributed by atoms with Crippen molar-refractivity contribution in [2.24, 2.45) is 5.73 Å². The molecular weight excluding hydrogens is 622 g/mol. The number of carbonyl (C=O) groups is 2. The van der Waals surface area contributed by atoms with Crippen LogP contribution in [0.5, 0.6) is 5.75 Å². The van der Waals surface area contributed by atoms with E-state index in [1.807, 2.05) is 12.1 Å². The molecule has 232 valence electrons. The molecule has 0 saturated carbocycles. The minimum absolute atomic E-state index is 0.198. The van der Waals surface area contributed by atoms with Crippen molar-refractivity contribution in [3.8, 4) is 17.0 Å². The number of ether oxygens (including phenoxy) is 2. The Morgan fingerprint density at radius 3 is 2.49 bits per heavy atom. The van der Waals surface area contributed by atoms with Crippen LogP contribution in [0, 0.1) is 0 Å². The van der Waals surface area contributed by atoms with E-state index in [4.69, 9.17) is 31.3 Å². The van der Waals surface area contributed by atoms with Gasteiger partial charge in [-0.3, -0.25) is 19.0 Å². The van der Waals surface area contributed by atoms with Crippen LogP contribution in [0.15, 0.2) is 70.2 Å². The first-order valence-electron chi connectivity index (χ1n) is 13.9. The van der Waals surface area contributed by atoms with Gasteiger partial charge in [-0.1, -0.05) is 16.8 Å². The highest BCUT2D eigenvalue weighted by Crippen LogP contribution is 2.38. The summed E-state index contributed by atoms with van der Waals surface area (Å²) in [6, 6.07) is 14.6. The molecule has 4 aromatic heterocycles. The summed E-state index contributed by atoms with van der Waals surface area (Å²) in [6.45, 7) is 2.68. The summed E-state index contributed by atoms with van der Waals surface area (Å²) in [5.41, 5.74) is 6.93. The Balaban J connectivity index is 1.47. The third kappa shape index (κ3) is 6.34. The molecule has 1 aromatic carbocycles. The maximum absolute atomic E-state index is 13.9. The van der Waals surface area contributed by atoms with Crippen LogP contribution < -0.4 is 26.2 Å². The molecule has 0 radical (unpaired) electrons. The summed E-state index contributed by atoms with van der Waals surface area (Å²) in [5, 5.41) is 11.9. The number of primary amides is 1. The van der Waals surface area contributed by atoms with E-state index in [9.17, 15) is 14.4 Å². The Morgan fingerprint density at radius 1 is 1.09 bits per heavy atom. The van der Waals surface area contributed by atoms with Crippen LogP contribution >= 0.6 is 22.9 Å². The third-order valence-electron chi connectivity index (χ3n) is 7.24. The average molecular weight is 650 g/mol. The number of amides is 1. The molecule has 0 atom stereocenters. The lowest BCUT2D eigenvalue weighted by Crippen LogP contribution is -2.40. The van der Waals surface area contributed by atoms with Crippen molar-refractivity contribution < 1.29 is 23.6 Å². The SMILES string of the molecule is COc1c(-c2cc(N3CCOCC3)n(Cc3ccon3)c(=O)c2)nn(C(=O)c2ccc(C(N)=O)cc2)c1NCc1ccc(Cl)s1. The number of halogens is 1. The largest absolute Gasteiger partial charge is 0.491 e. The highest BCUT2D eigenvalue weighted by molar-refractivity contribution is 7.16. The quantitative estimate of drug-likeness (QED) is 0.228. The number of thiophene rings is 1. The number of aromatic nitrogens is 4. The average Bonchev–Trinajstić information content (AvgIpc) is 3.81. The van der Waals surface area contributed by atoms with E-state index in [1.54, 1.807) is 16.7 Å². The molecule has 45 heavy (non-hydrogen) atoms. The van der Waals surface area contributed by atoms with Crippen molar-refractivity contribution in [2.45, 2.75) is 13.1 Å². The molecule has 13 nitrogen and oxygen atoms in total. The molecule has 0 bridgehead atoms. The monoisotopic (exact) mass is 649 g/mol. The first kappa shape index (κ1) is 30.1. The van der Waals surface area contributed by atoms with Crippen LogP contribution in [0.1, 0.15) is 31.3 Å². The van der Waals surface area contributed by atoms with E-state index in [1.165, 1.54) is 59.7 Å². The number of pyridine rings is 1. The molecule has 1 aliphatic rings. The molecule has 3 N–H and O–H groups in total. The van der Waals surface area contributed by atoms with Crippen LogP contribution in [-0.4, -0.2) is 64.7 Å². The number of benzene rings is 1. The Morgan fingerprint density at radius 2 is 1.84 bits per heavy atom. The molecule has 1 fully saturated rings. The Kier molecular flexibility index (Phi) is 8.69. The van der Waals surface area contributed by atoms with Gasteiger partial charge in [-0.25, -0.2) is 0 Å². The van der Waals surface area contributed by atoms with Gasteiger partial charge in [0, 0.05) is 46.8 Å². The second-order valence-corrected chi connectivity index (χ2v) is 11.9. The van der Waals surface area contributed by atoms with E-state index in [2.05, 4.69) is 20.5 Å². The maximum atomic E-state index is 13.9. The molecule has 6 rings (SSSR count). The Labute approximate surface area is 265 Å². The second-order valence-electron chi connectivity index (χ2n) is 10.1. The van der Waals surface area contributed by atoms with Crippen LogP contribution in [0.4, 0.5) is 11.6 Å². The highest BCUT2D eigenvalue weighted by atomic mass is 35.5. The summed E-state index contributed by atoms with van der Waals surface area (Å²) in [6.07, 6.45) is 1.46. The normalized spacial score (nSPS) is 13.2. The minimum Gasteiger partial charge on any atom is -0.491 e. The number of nitrogens with two attached hydrogens (primary N) is 1. The Hall–Kier alpha value is -4.92. The van der Waals surface area contributed by atoms with Crippen molar-refractivity contribution in [1.82, 2.24) is 19.5 Å². The fraction of sp³-hybridized carbons (Fsp3) is 0.233. The summed E-state index contributed by atoms with van der Waals surface area (Å²) in [5.74, 6) is 0.0805. The lowest BCUT2D eigenvalue weighted by atomic mass is 10.1. The van der Waals surface area contributed by atoms with E-state index >= 15 is 0 Å². The maximum Gasteiger partial charge on any atom is 0.280 e. The third-order valence-corrected chi connectivity index (χ3v) is 8.47. The van der Waals surface area contributed by atoms with Gasteiger partial charge in [-0.15, -0.1) is 11.3 Å². The number of hydrogen-bond donors (Lipinski definition) is 2. The molecule has 15 heteroatoms. The van der Waals surface area contributed by atoms with Crippen LogP contribution in [0.2, 0.25) is 4.34 Å². The van der Waals surface area contributed by atoms with Gasteiger partial charge in [-0.2, -0.15) is 9.78 Å². The lowest BCUT2D eigenvalue weighted by Gasteiger charge is -2.31. The van der Waals surface area contributed by atoms with Crippen molar-refractivity contribution in [2.75, 3.05) is 43.6 Å². The van der Waals surface area contributed by atoms with E-state index in [-0.39, 0.29) is 40.5 Å². The summed E-state index contributed by atoms with van der Waals surface area (Å²) in [7, 11) is 1.47. The van der Waals surface area contributed by atoms with Gasteiger partial charge in [0.1, 0.15) is 23.5 Å². The predicted octanol–water partition coefficient (Wildman–Crippen LogP) is 3.71. The van der Waals surface area contributed by atoms with E-state index < -0.39 is 11.8 Å². The molecular formula is C30H28ClN7O6S. The number of carbonyl (C=O) groups excluding carboxylic acids is 2. The standard InChI is InChI=1S/C30H28ClN7O6S/c1-42-27-26(20-14-24(36-9-12-43-13-10-36)37(25(39)15-20)17-21-8-11-44-35-21)34-38(29(27)33-16-22-6-7-23(31)45-22)30(41)19-4-2-18(3-5-19)28(32)40/h2-8,11,14-15,33H,9-10,12-13,16-17H2,1H3,(H2,32,40). The number of methoxy groups -OCH3 is 1. The molecule has 5 heterocycles. The molecule has 5 aromatic rings. The number of nitrogens with zero attached hydrogens (tertiary/aromatic N) is 5. The van der Waals surface area contributed by atoms with Gasteiger partial charge >= 0.3 is 0 Å². The van der Waals surface area contributed by atoms with Gasteiger partial charge in [0.05, 0.1) is 37.7 Å². The molecule has 1 aliphatic heterocycles. The molecule has 1 amide bonds. The van der Waals surface area contributed by atoms with Gasteiger partial charge in [0.25, 0.3) is 11.5 Å². The second kappa shape index (κ2) is 13.0. The predicted molar refractivity (Wildman–Crippen MR) is 168 cm³/mol. The number of anilines is 2. The fourth-order valence-electron chi connectivity index (χ4n) is 5.02. The molecule has 0 spiro atoms. The van der Waals surface area contributed by atoms with E-state index in [0.29, 0.717) is 54.3 Å². The number of nitrogens with one attached hydrogen (secondary N) is 1.